The summed E-state index contributed by atoms with van der Waals surface area (Å²) >= 11 is 0. The van der Waals surface area contributed by atoms with Crippen molar-refractivity contribution in [1.82, 2.24) is 4.98 Å². The molecule has 3 aromatic rings. The molecule has 1 heterocycles. The molecule has 0 bridgehead atoms. The minimum atomic E-state index is -1.08. The van der Waals surface area contributed by atoms with Gasteiger partial charge in [-0.15, -0.1) is 0 Å². The maximum absolute atomic E-state index is 12.5. The second-order valence-electron chi connectivity index (χ2n) is 8.70. The fraction of sp³-hybridized carbons (Fsp3) is 0.414. The predicted octanol–water partition coefficient (Wildman–Crippen LogP) is 4.90. The topological polar surface area (TPSA) is 102 Å². The van der Waals surface area contributed by atoms with Gasteiger partial charge in [0, 0.05) is 11.6 Å². The number of carbonyl (C=O) groups excluding carboxylic acids is 2. The summed E-state index contributed by atoms with van der Waals surface area (Å²) in [4.78, 5) is 29.5. The lowest BCUT2D eigenvalue weighted by molar-refractivity contribution is -0.161. The monoisotopic (exact) mass is 525 g/mol. The fourth-order valence-electron chi connectivity index (χ4n) is 3.89. The van der Waals surface area contributed by atoms with Gasteiger partial charge in [0.2, 0.25) is 0 Å². The standard InChI is InChI=1S/C29H35NO8/c1-7-35-28(31)23(29(32)36-8-2)13-19-9-12-25(34-6)26(14-19)37-17-20-16-30-24-11-10-21(33-5)15-22(24)27(20)38-18(3)4/h9-12,14-16,18,23H,7-8,13,17H2,1-6H3. The minimum absolute atomic E-state index is 0.0777. The molecule has 1 aromatic heterocycles. The molecule has 3 rings (SSSR count). The Bertz CT molecular complexity index is 1240. The molecular weight excluding hydrogens is 490 g/mol. The second kappa shape index (κ2) is 13.5. The van der Waals surface area contributed by atoms with Crippen LogP contribution >= 0.6 is 0 Å². The Balaban J connectivity index is 1.91. The molecule has 0 aliphatic carbocycles. The average Bonchev–Trinajstić information content (AvgIpc) is 2.91. The molecule has 0 saturated heterocycles. The molecule has 38 heavy (non-hydrogen) atoms. The van der Waals surface area contributed by atoms with Crippen LogP contribution in [0.15, 0.2) is 42.6 Å². The first-order valence-electron chi connectivity index (χ1n) is 12.6. The number of ether oxygens (including phenoxy) is 6. The molecule has 0 spiro atoms. The molecule has 2 aromatic carbocycles. The third kappa shape index (κ3) is 7.06. The van der Waals surface area contributed by atoms with E-state index in [0.29, 0.717) is 28.6 Å². The van der Waals surface area contributed by atoms with Crippen molar-refractivity contribution in [3.8, 4) is 23.0 Å². The molecule has 0 aliphatic rings. The second-order valence-corrected chi connectivity index (χ2v) is 8.70. The van der Waals surface area contributed by atoms with Crippen molar-refractivity contribution in [2.45, 2.75) is 46.8 Å². The Morgan fingerprint density at radius 1 is 0.895 bits per heavy atom. The zero-order valence-electron chi connectivity index (χ0n) is 22.7. The van der Waals surface area contributed by atoms with Crippen LogP contribution in [0.1, 0.15) is 38.8 Å². The molecule has 0 N–H and O–H groups in total. The number of methoxy groups -OCH3 is 2. The number of carbonyl (C=O) groups is 2. The zero-order chi connectivity index (χ0) is 27.7. The van der Waals surface area contributed by atoms with E-state index in [2.05, 4.69) is 4.98 Å². The molecule has 0 atom stereocenters. The normalized spacial score (nSPS) is 10.9. The Morgan fingerprint density at radius 2 is 1.61 bits per heavy atom. The first-order chi connectivity index (χ1) is 18.3. The van der Waals surface area contributed by atoms with Crippen molar-refractivity contribution in [3.05, 3.63) is 53.7 Å². The van der Waals surface area contributed by atoms with E-state index >= 15 is 0 Å². The van der Waals surface area contributed by atoms with Gasteiger partial charge in [-0.2, -0.15) is 0 Å². The summed E-state index contributed by atoms with van der Waals surface area (Å²) in [6.45, 7) is 7.75. The number of aromatic nitrogens is 1. The number of hydrogen-bond acceptors (Lipinski definition) is 9. The minimum Gasteiger partial charge on any atom is -0.497 e. The van der Waals surface area contributed by atoms with Gasteiger partial charge in [-0.05, 0) is 70.0 Å². The lowest BCUT2D eigenvalue weighted by Crippen LogP contribution is -2.30. The average molecular weight is 526 g/mol. The highest BCUT2D eigenvalue weighted by molar-refractivity contribution is 5.95. The van der Waals surface area contributed by atoms with Gasteiger partial charge in [-0.1, -0.05) is 6.07 Å². The number of benzene rings is 2. The van der Waals surface area contributed by atoms with Crippen molar-refractivity contribution in [2.75, 3.05) is 27.4 Å². The highest BCUT2D eigenvalue weighted by Crippen LogP contribution is 2.35. The maximum atomic E-state index is 12.5. The molecule has 0 aliphatic heterocycles. The fourth-order valence-corrected chi connectivity index (χ4v) is 3.89. The molecule has 0 amide bonds. The summed E-state index contributed by atoms with van der Waals surface area (Å²) in [6, 6.07) is 10.9. The quantitative estimate of drug-likeness (QED) is 0.228. The Kier molecular flexibility index (Phi) is 10.2. The first-order valence-corrected chi connectivity index (χ1v) is 12.6. The Hall–Kier alpha value is -4.01. The molecule has 9 heteroatoms. The largest absolute Gasteiger partial charge is 0.497 e. The van der Waals surface area contributed by atoms with Crippen LogP contribution in [-0.4, -0.2) is 50.5 Å². The van der Waals surface area contributed by atoms with Crippen molar-refractivity contribution in [1.29, 1.82) is 0 Å². The summed E-state index contributed by atoms with van der Waals surface area (Å²) in [5.74, 6) is -0.0459. The molecular formula is C29H35NO8. The van der Waals surface area contributed by atoms with Gasteiger partial charge in [-0.25, -0.2) is 0 Å². The summed E-state index contributed by atoms with van der Waals surface area (Å²) in [7, 11) is 3.15. The van der Waals surface area contributed by atoms with Crippen molar-refractivity contribution in [2.24, 2.45) is 5.92 Å². The van der Waals surface area contributed by atoms with Crippen LogP contribution in [0.3, 0.4) is 0 Å². The third-order valence-corrected chi connectivity index (χ3v) is 5.65. The third-order valence-electron chi connectivity index (χ3n) is 5.65. The predicted molar refractivity (Wildman–Crippen MR) is 142 cm³/mol. The van der Waals surface area contributed by atoms with Crippen LogP contribution < -0.4 is 18.9 Å². The number of nitrogens with zero attached hydrogens (tertiary/aromatic N) is 1. The van der Waals surface area contributed by atoms with Crippen LogP contribution in [0.2, 0.25) is 0 Å². The highest BCUT2D eigenvalue weighted by Gasteiger charge is 2.30. The van der Waals surface area contributed by atoms with Gasteiger partial charge in [0.15, 0.2) is 17.4 Å². The van der Waals surface area contributed by atoms with E-state index in [0.717, 1.165) is 16.5 Å². The smallest absolute Gasteiger partial charge is 0.320 e. The van der Waals surface area contributed by atoms with Crippen molar-refractivity contribution in [3.63, 3.8) is 0 Å². The van der Waals surface area contributed by atoms with E-state index in [4.69, 9.17) is 28.4 Å². The number of esters is 2. The molecule has 0 saturated carbocycles. The first kappa shape index (κ1) is 28.6. The SMILES string of the molecule is CCOC(=O)C(Cc1ccc(OC)c(OCc2cnc3ccc(OC)cc3c2OC(C)C)c1)C(=O)OCC. The van der Waals surface area contributed by atoms with Gasteiger partial charge >= 0.3 is 11.9 Å². The molecule has 9 nitrogen and oxygen atoms in total. The summed E-state index contributed by atoms with van der Waals surface area (Å²) in [5, 5.41) is 0.812. The van der Waals surface area contributed by atoms with E-state index in [1.807, 2.05) is 32.0 Å². The van der Waals surface area contributed by atoms with Crippen LogP contribution in [-0.2, 0) is 32.1 Å². The number of hydrogen-bond donors (Lipinski definition) is 0. The number of fused-ring (bicyclic) bond motifs is 1. The maximum Gasteiger partial charge on any atom is 0.320 e. The number of rotatable bonds is 13. The Labute approximate surface area is 223 Å². The van der Waals surface area contributed by atoms with Crippen molar-refractivity contribution >= 4 is 22.8 Å². The van der Waals surface area contributed by atoms with E-state index in [1.54, 1.807) is 52.5 Å². The Morgan fingerprint density at radius 3 is 2.21 bits per heavy atom. The van der Waals surface area contributed by atoms with Crippen LogP contribution in [0.4, 0.5) is 0 Å². The summed E-state index contributed by atoms with van der Waals surface area (Å²) in [6.07, 6.45) is 1.74. The molecule has 0 unspecified atom stereocenters. The van der Waals surface area contributed by atoms with Crippen molar-refractivity contribution < 1.29 is 38.0 Å². The molecule has 204 valence electrons. The lowest BCUT2D eigenvalue weighted by Gasteiger charge is -2.19. The van der Waals surface area contributed by atoms with E-state index < -0.39 is 17.9 Å². The van der Waals surface area contributed by atoms with Crippen LogP contribution in [0.5, 0.6) is 23.0 Å². The van der Waals surface area contributed by atoms with E-state index in [9.17, 15) is 9.59 Å². The van der Waals surface area contributed by atoms with Gasteiger partial charge in [0.25, 0.3) is 0 Å². The molecule has 0 fully saturated rings. The van der Waals surface area contributed by atoms with E-state index in [1.165, 1.54) is 0 Å². The van der Waals surface area contributed by atoms with Gasteiger partial charge in [0.05, 0.1) is 44.6 Å². The molecule has 0 radical (unpaired) electrons. The van der Waals surface area contributed by atoms with Gasteiger partial charge < -0.3 is 28.4 Å². The summed E-state index contributed by atoms with van der Waals surface area (Å²) < 4.78 is 33.4. The highest BCUT2D eigenvalue weighted by atomic mass is 16.6. The van der Waals surface area contributed by atoms with Gasteiger partial charge in [-0.3, -0.25) is 14.6 Å². The summed E-state index contributed by atoms with van der Waals surface area (Å²) in [5.41, 5.74) is 2.20. The lowest BCUT2D eigenvalue weighted by atomic mass is 9.99. The zero-order valence-corrected chi connectivity index (χ0v) is 22.7. The van der Waals surface area contributed by atoms with Gasteiger partial charge in [0.1, 0.15) is 18.1 Å². The van der Waals surface area contributed by atoms with E-state index in [-0.39, 0.29) is 32.3 Å². The number of pyridine rings is 1. The van der Waals surface area contributed by atoms with Crippen LogP contribution in [0.25, 0.3) is 10.9 Å². The van der Waals surface area contributed by atoms with Crippen LogP contribution in [0, 0.1) is 5.92 Å².